The Bertz CT molecular complexity index is 400. The number of hydrogen-bond acceptors (Lipinski definition) is 4. The summed E-state index contributed by atoms with van der Waals surface area (Å²) in [6.07, 6.45) is 0.0546. The van der Waals surface area contributed by atoms with Gasteiger partial charge in [0.05, 0.1) is 18.5 Å². The molecule has 1 rings (SSSR count). The maximum absolute atomic E-state index is 11.0. The van der Waals surface area contributed by atoms with Gasteiger partial charge in [0, 0.05) is 12.1 Å². The van der Waals surface area contributed by atoms with E-state index in [1.54, 1.807) is 13.0 Å². The second-order valence-corrected chi connectivity index (χ2v) is 3.19. The highest BCUT2D eigenvalue weighted by Gasteiger charge is 2.10. The molecule has 0 amide bonds. The molecule has 80 valence electrons. The van der Waals surface area contributed by atoms with Gasteiger partial charge in [-0.1, -0.05) is 6.07 Å². The molecule has 1 aromatic rings. The summed E-state index contributed by atoms with van der Waals surface area (Å²) in [5, 5.41) is 10.6. The molecule has 0 radical (unpaired) electrons. The number of aryl methyl sites for hydroxylation is 1. The number of carbonyl (C=O) groups excluding carboxylic acids is 1. The van der Waals surface area contributed by atoms with Crippen LogP contribution < -0.4 is 0 Å². The zero-order valence-electron chi connectivity index (χ0n) is 8.52. The molecule has 0 N–H and O–H groups in total. The molecule has 0 unspecified atom stereocenters. The SMILES string of the molecule is COC(=O)Cc1cc(C)cc([N+](=O)[O-])c1. The second-order valence-electron chi connectivity index (χ2n) is 3.19. The van der Waals surface area contributed by atoms with Crippen LogP contribution in [0.4, 0.5) is 5.69 Å². The molecule has 15 heavy (non-hydrogen) atoms. The van der Waals surface area contributed by atoms with Gasteiger partial charge in [0.15, 0.2) is 0 Å². The Hall–Kier alpha value is -1.91. The van der Waals surface area contributed by atoms with E-state index in [1.807, 2.05) is 0 Å². The Morgan fingerprint density at radius 2 is 2.13 bits per heavy atom. The summed E-state index contributed by atoms with van der Waals surface area (Å²) in [5.74, 6) is -0.408. The van der Waals surface area contributed by atoms with Crippen LogP contribution in [0, 0.1) is 17.0 Å². The lowest BCUT2D eigenvalue weighted by Gasteiger charge is -2.01. The van der Waals surface area contributed by atoms with Gasteiger partial charge in [-0.05, 0) is 18.1 Å². The number of nitro groups is 1. The molecule has 0 fully saturated rings. The van der Waals surface area contributed by atoms with Crippen LogP contribution in [0.3, 0.4) is 0 Å². The van der Waals surface area contributed by atoms with E-state index in [2.05, 4.69) is 4.74 Å². The lowest BCUT2D eigenvalue weighted by Crippen LogP contribution is -2.05. The number of benzene rings is 1. The predicted octanol–water partition coefficient (Wildman–Crippen LogP) is 1.62. The Kier molecular flexibility index (Phi) is 3.38. The molecule has 0 aliphatic heterocycles. The molecule has 1 aromatic carbocycles. The number of methoxy groups -OCH3 is 1. The molecular formula is C10H11NO4. The summed E-state index contributed by atoms with van der Waals surface area (Å²) >= 11 is 0. The molecular weight excluding hydrogens is 198 g/mol. The van der Waals surface area contributed by atoms with E-state index in [9.17, 15) is 14.9 Å². The highest BCUT2D eigenvalue weighted by Crippen LogP contribution is 2.17. The average Bonchev–Trinajstić information content (AvgIpc) is 2.16. The summed E-state index contributed by atoms with van der Waals surface area (Å²) in [5.41, 5.74) is 1.34. The molecule has 0 saturated carbocycles. The van der Waals surface area contributed by atoms with E-state index in [0.29, 0.717) is 5.56 Å². The van der Waals surface area contributed by atoms with Gasteiger partial charge in [0.1, 0.15) is 0 Å². The molecule has 5 heteroatoms. The standard InChI is InChI=1S/C10H11NO4/c1-7-3-8(6-10(12)15-2)5-9(4-7)11(13)14/h3-5H,6H2,1-2H3. The quantitative estimate of drug-likeness (QED) is 0.431. The van der Waals surface area contributed by atoms with Crippen molar-refractivity contribution in [3.8, 4) is 0 Å². The van der Waals surface area contributed by atoms with Crippen molar-refractivity contribution in [3.63, 3.8) is 0 Å². The molecule has 0 aliphatic rings. The van der Waals surface area contributed by atoms with Crippen LogP contribution in [-0.2, 0) is 16.0 Å². The normalized spacial score (nSPS) is 9.73. The number of non-ortho nitro benzene ring substituents is 1. The third-order valence-electron chi connectivity index (χ3n) is 1.91. The zero-order chi connectivity index (χ0) is 11.4. The van der Waals surface area contributed by atoms with Crippen molar-refractivity contribution in [2.24, 2.45) is 0 Å². The molecule has 0 bridgehead atoms. The number of nitro benzene ring substituents is 1. The number of nitrogens with zero attached hydrogens (tertiary/aromatic N) is 1. The largest absolute Gasteiger partial charge is 0.469 e. The Labute approximate surface area is 86.8 Å². The van der Waals surface area contributed by atoms with Gasteiger partial charge in [-0.2, -0.15) is 0 Å². The Morgan fingerprint density at radius 1 is 1.47 bits per heavy atom. The van der Waals surface area contributed by atoms with Crippen molar-refractivity contribution in [3.05, 3.63) is 39.4 Å². The number of rotatable bonds is 3. The van der Waals surface area contributed by atoms with Crippen LogP contribution in [0.15, 0.2) is 18.2 Å². The maximum Gasteiger partial charge on any atom is 0.309 e. The van der Waals surface area contributed by atoms with Crippen molar-refractivity contribution >= 4 is 11.7 Å². The van der Waals surface area contributed by atoms with Crippen LogP contribution in [0.1, 0.15) is 11.1 Å². The van der Waals surface area contributed by atoms with E-state index in [1.165, 1.54) is 19.2 Å². The van der Waals surface area contributed by atoms with Crippen LogP contribution in [0.2, 0.25) is 0 Å². The van der Waals surface area contributed by atoms with Crippen molar-refractivity contribution in [2.45, 2.75) is 13.3 Å². The summed E-state index contributed by atoms with van der Waals surface area (Å²) in [6, 6.07) is 4.56. The maximum atomic E-state index is 11.0. The van der Waals surface area contributed by atoms with Crippen molar-refractivity contribution < 1.29 is 14.5 Å². The molecule has 0 spiro atoms. The van der Waals surface area contributed by atoms with Crippen molar-refractivity contribution in [1.82, 2.24) is 0 Å². The zero-order valence-corrected chi connectivity index (χ0v) is 8.52. The predicted molar refractivity (Wildman–Crippen MR) is 53.6 cm³/mol. The second kappa shape index (κ2) is 4.54. The molecule has 0 saturated heterocycles. The number of carbonyl (C=O) groups is 1. The van der Waals surface area contributed by atoms with E-state index < -0.39 is 10.9 Å². The van der Waals surface area contributed by atoms with Gasteiger partial charge in [-0.25, -0.2) is 0 Å². The first-order valence-electron chi connectivity index (χ1n) is 4.34. The van der Waals surface area contributed by atoms with E-state index >= 15 is 0 Å². The Balaban J connectivity index is 2.98. The first-order chi connectivity index (χ1) is 7.02. The summed E-state index contributed by atoms with van der Waals surface area (Å²) in [7, 11) is 1.28. The summed E-state index contributed by atoms with van der Waals surface area (Å²) in [6.45, 7) is 1.74. The summed E-state index contributed by atoms with van der Waals surface area (Å²) in [4.78, 5) is 21.1. The lowest BCUT2D eigenvalue weighted by molar-refractivity contribution is -0.385. The van der Waals surface area contributed by atoms with Gasteiger partial charge in [-0.15, -0.1) is 0 Å². The fourth-order valence-corrected chi connectivity index (χ4v) is 1.29. The van der Waals surface area contributed by atoms with Gasteiger partial charge < -0.3 is 4.74 Å². The van der Waals surface area contributed by atoms with E-state index in [-0.39, 0.29) is 12.1 Å². The average molecular weight is 209 g/mol. The monoisotopic (exact) mass is 209 g/mol. The first kappa shape index (κ1) is 11.2. The third kappa shape index (κ3) is 3.05. The summed E-state index contributed by atoms with van der Waals surface area (Å²) < 4.78 is 4.49. The van der Waals surface area contributed by atoms with Crippen LogP contribution in [0.25, 0.3) is 0 Å². The van der Waals surface area contributed by atoms with Crippen LogP contribution in [0.5, 0.6) is 0 Å². The first-order valence-corrected chi connectivity index (χ1v) is 4.34. The van der Waals surface area contributed by atoms with Crippen molar-refractivity contribution in [1.29, 1.82) is 0 Å². The van der Waals surface area contributed by atoms with Crippen LogP contribution >= 0.6 is 0 Å². The molecule has 0 heterocycles. The highest BCUT2D eigenvalue weighted by molar-refractivity contribution is 5.72. The van der Waals surface area contributed by atoms with E-state index in [0.717, 1.165) is 5.56 Å². The minimum absolute atomic E-state index is 0.00565. The molecule has 0 aliphatic carbocycles. The molecule has 0 aromatic heterocycles. The van der Waals surface area contributed by atoms with Gasteiger partial charge in [0.2, 0.25) is 0 Å². The molecule has 0 atom stereocenters. The smallest absolute Gasteiger partial charge is 0.309 e. The van der Waals surface area contributed by atoms with Crippen LogP contribution in [-0.4, -0.2) is 18.0 Å². The lowest BCUT2D eigenvalue weighted by atomic mass is 10.1. The van der Waals surface area contributed by atoms with E-state index in [4.69, 9.17) is 0 Å². The molecule has 5 nitrogen and oxygen atoms in total. The van der Waals surface area contributed by atoms with Gasteiger partial charge in [-0.3, -0.25) is 14.9 Å². The number of esters is 1. The van der Waals surface area contributed by atoms with Crippen molar-refractivity contribution in [2.75, 3.05) is 7.11 Å². The minimum Gasteiger partial charge on any atom is -0.469 e. The van der Waals surface area contributed by atoms with Gasteiger partial charge >= 0.3 is 5.97 Å². The third-order valence-corrected chi connectivity index (χ3v) is 1.91. The fourth-order valence-electron chi connectivity index (χ4n) is 1.29. The topological polar surface area (TPSA) is 69.4 Å². The minimum atomic E-state index is -0.478. The Morgan fingerprint density at radius 3 is 2.67 bits per heavy atom. The fraction of sp³-hybridized carbons (Fsp3) is 0.300. The van der Waals surface area contributed by atoms with Gasteiger partial charge in [0.25, 0.3) is 5.69 Å². The highest BCUT2D eigenvalue weighted by atomic mass is 16.6. The number of hydrogen-bond donors (Lipinski definition) is 0. The number of ether oxygens (including phenoxy) is 1.